The third kappa shape index (κ3) is 2.66. The van der Waals surface area contributed by atoms with Gasteiger partial charge in [-0.3, -0.25) is 14.2 Å². The SMILES string of the molecule is Cc1c(N2CCC(c3ccccc3)C2)c(F)cn2c(=O)[nH]c(=O)c(C3CC3)c12. The van der Waals surface area contributed by atoms with Crippen LogP contribution in [0.15, 0.2) is 46.1 Å². The van der Waals surface area contributed by atoms with Crippen molar-refractivity contribution < 1.29 is 4.39 Å². The van der Waals surface area contributed by atoms with E-state index >= 15 is 4.39 Å². The summed E-state index contributed by atoms with van der Waals surface area (Å²) < 4.78 is 16.4. The van der Waals surface area contributed by atoms with Gasteiger partial charge in [0, 0.05) is 30.1 Å². The quantitative estimate of drug-likeness (QED) is 0.760. The molecule has 2 fully saturated rings. The average molecular weight is 379 g/mol. The second kappa shape index (κ2) is 6.33. The van der Waals surface area contributed by atoms with Gasteiger partial charge in [0.15, 0.2) is 5.82 Å². The number of H-pyrrole nitrogens is 1. The minimum atomic E-state index is -0.582. The Morgan fingerprint density at radius 3 is 2.54 bits per heavy atom. The molecule has 0 amide bonds. The number of pyridine rings is 1. The molecule has 28 heavy (non-hydrogen) atoms. The zero-order valence-corrected chi connectivity index (χ0v) is 15.7. The third-order valence-electron chi connectivity index (χ3n) is 6.12. The van der Waals surface area contributed by atoms with Gasteiger partial charge < -0.3 is 4.90 Å². The molecule has 0 radical (unpaired) electrons. The highest BCUT2D eigenvalue weighted by Crippen LogP contribution is 2.42. The second-order valence-corrected chi connectivity index (χ2v) is 7.96. The van der Waals surface area contributed by atoms with Crippen LogP contribution in [0.2, 0.25) is 0 Å². The second-order valence-electron chi connectivity index (χ2n) is 7.96. The van der Waals surface area contributed by atoms with Gasteiger partial charge in [-0.25, -0.2) is 9.18 Å². The Morgan fingerprint density at radius 2 is 1.82 bits per heavy atom. The van der Waals surface area contributed by atoms with Gasteiger partial charge in [0.2, 0.25) is 0 Å². The number of anilines is 1. The summed E-state index contributed by atoms with van der Waals surface area (Å²) >= 11 is 0. The number of aryl methyl sites for hydroxylation is 1. The summed E-state index contributed by atoms with van der Waals surface area (Å²) in [6.45, 7) is 3.30. The number of halogens is 1. The Hall–Kier alpha value is -2.89. The van der Waals surface area contributed by atoms with Crippen molar-refractivity contribution in [3.05, 3.63) is 79.9 Å². The van der Waals surface area contributed by atoms with Crippen molar-refractivity contribution in [2.75, 3.05) is 18.0 Å². The van der Waals surface area contributed by atoms with Crippen LogP contribution >= 0.6 is 0 Å². The maximum absolute atomic E-state index is 15.1. The van der Waals surface area contributed by atoms with E-state index in [0.717, 1.165) is 32.4 Å². The number of rotatable bonds is 3. The van der Waals surface area contributed by atoms with Gasteiger partial charge in [0.25, 0.3) is 5.56 Å². The van der Waals surface area contributed by atoms with Gasteiger partial charge in [-0.1, -0.05) is 30.3 Å². The fourth-order valence-electron chi connectivity index (χ4n) is 4.63. The first-order chi connectivity index (χ1) is 13.5. The summed E-state index contributed by atoms with van der Waals surface area (Å²) in [4.78, 5) is 29.2. The average Bonchev–Trinajstić information content (AvgIpc) is 3.40. The molecule has 3 heterocycles. The van der Waals surface area contributed by atoms with Crippen molar-refractivity contribution in [2.45, 2.75) is 38.0 Å². The molecule has 1 saturated heterocycles. The number of aromatic nitrogens is 2. The van der Waals surface area contributed by atoms with E-state index in [1.54, 1.807) is 0 Å². The van der Waals surface area contributed by atoms with E-state index < -0.39 is 11.5 Å². The molecule has 1 aliphatic heterocycles. The molecular weight excluding hydrogens is 357 g/mol. The van der Waals surface area contributed by atoms with Crippen LogP contribution in [0.1, 0.15) is 47.8 Å². The molecule has 5 rings (SSSR count). The molecule has 5 nitrogen and oxygen atoms in total. The summed E-state index contributed by atoms with van der Waals surface area (Å²) in [5.74, 6) is 0.0853. The smallest absolute Gasteiger partial charge is 0.333 e. The lowest BCUT2D eigenvalue weighted by atomic mass is 9.99. The first kappa shape index (κ1) is 17.2. The fraction of sp³-hybridized carbons (Fsp3) is 0.364. The van der Waals surface area contributed by atoms with E-state index in [0.29, 0.717) is 28.2 Å². The van der Waals surface area contributed by atoms with Gasteiger partial charge in [0.05, 0.1) is 17.4 Å². The zero-order valence-electron chi connectivity index (χ0n) is 15.7. The molecule has 0 bridgehead atoms. The van der Waals surface area contributed by atoms with Crippen molar-refractivity contribution in [3.63, 3.8) is 0 Å². The minimum Gasteiger partial charge on any atom is -0.368 e. The normalized spacial score (nSPS) is 19.5. The zero-order chi connectivity index (χ0) is 19.4. The molecule has 144 valence electrons. The molecular formula is C22H22FN3O2. The van der Waals surface area contributed by atoms with Gasteiger partial charge in [-0.15, -0.1) is 0 Å². The molecule has 1 aliphatic carbocycles. The molecule has 3 aromatic rings. The topological polar surface area (TPSA) is 57.6 Å². The Labute approximate surface area is 161 Å². The third-order valence-corrected chi connectivity index (χ3v) is 6.12. The summed E-state index contributed by atoms with van der Waals surface area (Å²) in [6.07, 6.45) is 4.05. The van der Waals surface area contributed by atoms with E-state index in [1.807, 2.05) is 25.1 Å². The van der Waals surface area contributed by atoms with Crippen LogP contribution < -0.4 is 16.1 Å². The Balaban J connectivity index is 1.64. The number of fused-ring (bicyclic) bond motifs is 1. The molecule has 2 aromatic heterocycles. The molecule has 1 N–H and O–H groups in total. The van der Waals surface area contributed by atoms with Gasteiger partial charge >= 0.3 is 5.69 Å². The summed E-state index contributed by atoms with van der Waals surface area (Å²) in [6, 6.07) is 10.3. The molecule has 1 saturated carbocycles. The highest BCUT2D eigenvalue weighted by molar-refractivity contribution is 5.72. The van der Waals surface area contributed by atoms with E-state index in [2.05, 4.69) is 22.0 Å². The lowest BCUT2D eigenvalue weighted by Crippen LogP contribution is -2.31. The number of nitrogens with zero attached hydrogens (tertiary/aromatic N) is 2. The predicted octanol–water partition coefficient (Wildman–Crippen LogP) is 3.31. The van der Waals surface area contributed by atoms with Gasteiger partial charge in [-0.05, 0) is 37.7 Å². The standard InChI is InChI=1S/C22H22FN3O2/c1-13-19(25-10-9-16(11-25)14-5-3-2-4-6-14)17(23)12-26-20(13)18(15-7-8-15)21(27)24-22(26)28/h2-6,12,15-16H,7-11H2,1H3,(H,24,27,28). The number of hydrogen-bond donors (Lipinski definition) is 1. The number of aromatic amines is 1. The maximum atomic E-state index is 15.1. The summed E-state index contributed by atoms with van der Waals surface area (Å²) in [5.41, 5.74) is 2.74. The van der Waals surface area contributed by atoms with Crippen LogP contribution in [0, 0.1) is 12.7 Å². The van der Waals surface area contributed by atoms with E-state index in [1.165, 1.54) is 16.2 Å². The number of hydrogen-bond acceptors (Lipinski definition) is 3. The number of benzene rings is 1. The Bertz CT molecular complexity index is 1180. The largest absolute Gasteiger partial charge is 0.368 e. The van der Waals surface area contributed by atoms with Crippen LogP contribution in [-0.4, -0.2) is 22.5 Å². The predicted molar refractivity (Wildman–Crippen MR) is 107 cm³/mol. The molecule has 6 heteroatoms. The van der Waals surface area contributed by atoms with E-state index in [9.17, 15) is 9.59 Å². The highest BCUT2D eigenvalue weighted by atomic mass is 19.1. The first-order valence-electron chi connectivity index (χ1n) is 9.82. The maximum Gasteiger partial charge on any atom is 0.333 e. The summed E-state index contributed by atoms with van der Waals surface area (Å²) in [5, 5.41) is 0. The molecule has 1 aromatic carbocycles. The lowest BCUT2D eigenvalue weighted by Gasteiger charge is -2.24. The van der Waals surface area contributed by atoms with E-state index in [-0.39, 0.29) is 11.5 Å². The van der Waals surface area contributed by atoms with Crippen LogP contribution in [0.4, 0.5) is 10.1 Å². The first-order valence-corrected chi connectivity index (χ1v) is 9.82. The lowest BCUT2D eigenvalue weighted by molar-refractivity contribution is 0.610. The molecule has 0 spiro atoms. The van der Waals surface area contributed by atoms with Crippen LogP contribution in [0.3, 0.4) is 0 Å². The minimum absolute atomic E-state index is 0.159. The molecule has 1 atom stereocenters. The van der Waals surface area contributed by atoms with Crippen LogP contribution in [-0.2, 0) is 0 Å². The van der Waals surface area contributed by atoms with Gasteiger partial charge in [0.1, 0.15) is 0 Å². The fourth-order valence-corrected chi connectivity index (χ4v) is 4.63. The van der Waals surface area contributed by atoms with Crippen LogP contribution in [0.5, 0.6) is 0 Å². The monoisotopic (exact) mass is 379 g/mol. The highest BCUT2D eigenvalue weighted by Gasteiger charge is 2.33. The van der Waals surface area contributed by atoms with Crippen LogP contribution in [0.25, 0.3) is 5.52 Å². The van der Waals surface area contributed by atoms with Crippen molar-refractivity contribution in [1.82, 2.24) is 9.38 Å². The molecule has 2 aliphatic rings. The molecule has 1 unspecified atom stereocenters. The Kier molecular flexibility index (Phi) is 3.89. The Morgan fingerprint density at radius 1 is 1.07 bits per heavy atom. The number of nitrogens with one attached hydrogen (secondary N) is 1. The van der Waals surface area contributed by atoms with Crippen molar-refractivity contribution in [2.24, 2.45) is 0 Å². The van der Waals surface area contributed by atoms with Crippen molar-refractivity contribution in [1.29, 1.82) is 0 Å². The van der Waals surface area contributed by atoms with Gasteiger partial charge in [-0.2, -0.15) is 0 Å². The summed E-state index contributed by atoms with van der Waals surface area (Å²) in [7, 11) is 0. The van der Waals surface area contributed by atoms with Crippen molar-refractivity contribution >= 4 is 11.2 Å². The van der Waals surface area contributed by atoms with Crippen molar-refractivity contribution in [3.8, 4) is 0 Å². The van der Waals surface area contributed by atoms with E-state index in [4.69, 9.17) is 0 Å².